The van der Waals surface area contributed by atoms with E-state index in [9.17, 15) is 4.39 Å². The fourth-order valence-electron chi connectivity index (χ4n) is 2.44. The average molecular weight is 336 g/mol. The van der Waals surface area contributed by atoms with E-state index in [1.54, 1.807) is 12.1 Å². The van der Waals surface area contributed by atoms with Gasteiger partial charge in [-0.3, -0.25) is 0 Å². The predicted molar refractivity (Wildman–Crippen MR) is 81.8 cm³/mol. The Morgan fingerprint density at radius 2 is 1.95 bits per heavy atom. The summed E-state index contributed by atoms with van der Waals surface area (Å²) in [4.78, 5) is 2.16. The molecule has 0 radical (unpaired) electrons. The maximum atomic E-state index is 13.2. The molecule has 4 heteroatoms. The van der Waals surface area contributed by atoms with Gasteiger partial charge in [0.2, 0.25) is 0 Å². The van der Waals surface area contributed by atoms with E-state index in [1.807, 2.05) is 30.3 Å². The minimum atomic E-state index is -0.195. The van der Waals surface area contributed by atoms with Crippen LogP contribution in [0.3, 0.4) is 0 Å². The summed E-state index contributed by atoms with van der Waals surface area (Å²) >= 11 is 3.41. The number of nitrogens with zero attached hydrogens (tertiary/aromatic N) is 1. The zero-order valence-electron chi connectivity index (χ0n) is 10.9. The van der Waals surface area contributed by atoms with Gasteiger partial charge in [0.15, 0.2) is 0 Å². The van der Waals surface area contributed by atoms with Gasteiger partial charge in [0.1, 0.15) is 17.7 Å². The normalized spacial score (nSPS) is 18.3. The van der Waals surface area contributed by atoms with Crippen LogP contribution < -0.4 is 9.64 Å². The summed E-state index contributed by atoms with van der Waals surface area (Å²) in [5, 5.41) is 0. The number of anilines is 1. The van der Waals surface area contributed by atoms with Gasteiger partial charge in [0, 0.05) is 23.1 Å². The minimum absolute atomic E-state index is 0.152. The van der Waals surface area contributed by atoms with E-state index < -0.39 is 0 Å². The lowest BCUT2D eigenvalue weighted by Crippen LogP contribution is -2.24. The molecule has 20 heavy (non-hydrogen) atoms. The molecule has 1 unspecified atom stereocenters. The Bertz CT molecular complexity index is 587. The zero-order chi connectivity index (χ0) is 13.9. The number of ether oxygens (including phenoxy) is 1. The third-order valence-corrected chi connectivity index (χ3v) is 3.96. The molecule has 0 amide bonds. The molecule has 0 N–H and O–H groups in total. The van der Waals surface area contributed by atoms with Crippen molar-refractivity contribution in [1.82, 2.24) is 0 Å². The number of hydrogen-bond acceptors (Lipinski definition) is 2. The fraction of sp³-hybridized carbons (Fsp3) is 0.250. The van der Waals surface area contributed by atoms with E-state index in [2.05, 4.69) is 20.8 Å². The Hall–Kier alpha value is -1.55. The first-order chi connectivity index (χ1) is 9.70. The SMILES string of the molecule is Fc1cccc(N2CCC(Oc3ccc(Br)cc3)C2)c1. The molecule has 1 aliphatic heterocycles. The summed E-state index contributed by atoms with van der Waals surface area (Å²) in [5.74, 6) is 0.680. The smallest absolute Gasteiger partial charge is 0.125 e. The van der Waals surface area contributed by atoms with E-state index in [0.717, 1.165) is 35.4 Å². The lowest BCUT2D eigenvalue weighted by atomic mass is 10.3. The van der Waals surface area contributed by atoms with E-state index in [-0.39, 0.29) is 11.9 Å². The van der Waals surface area contributed by atoms with Gasteiger partial charge in [0.05, 0.1) is 6.54 Å². The average Bonchev–Trinajstić information content (AvgIpc) is 2.90. The van der Waals surface area contributed by atoms with Crippen LogP contribution in [0, 0.1) is 5.82 Å². The van der Waals surface area contributed by atoms with Gasteiger partial charge in [-0.1, -0.05) is 22.0 Å². The molecule has 1 fully saturated rings. The highest BCUT2D eigenvalue weighted by molar-refractivity contribution is 9.10. The van der Waals surface area contributed by atoms with E-state index in [1.165, 1.54) is 6.07 Å². The van der Waals surface area contributed by atoms with Gasteiger partial charge < -0.3 is 9.64 Å². The highest BCUT2D eigenvalue weighted by Gasteiger charge is 2.24. The van der Waals surface area contributed by atoms with Crippen molar-refractivity contribution in [1.29, 1.82) is 0 Å². The van der Waals surface area contributed by atoms with Crippen molar-refractivity contribution in [2.75, 3.05) is 18.0 Å². The summed E-state index contributed by atoms with van der Waals surface area (Å²) in [6.07, 6.45) is 1.10. The maximum absolute atomic E-state index is 13.2. The monoisotopic (exact) mass is 335 g/mol. The highest BCUT2D eigenvalue weighted by Crippen LogP contribution is 2.24. The number of hydrogen-bond donors (Lipinski definition) is 0. The van der Waals surface area contributed by atoms with Gasteiger partial charge in [-0.15, -0.1) is 0 Å². The largest absolute Gasteiger partial charge is 0.489 e. The highest BCUT2D eigenvalue weighted by atomic mass is 79.9. The van der Waals surface area contributed by atoms with Crippen LogP contribution in [0.1, 0.15) is 6.42 Å². The van der Waals surface area contributed by atoms with E-state index in [4.69, 9.17) is 4.74 Å². The Labute approximate surface area is 126 Å². The Balaban J connectivity index is 1.63. The van der Waals surface area contributed by atoms with E-state index >= 15 is 0 Å². The molecule has 0 aromatic heterocycles. The maximum Gasteiger partial charge on any atom is 0.125 e. The number of benzene rings is 2. The Kier molecular flexibility index (Phi) is 3.92. The van der Waals surface area contributed by atoms with Gasteiger partial charge in [-0.25, -0.2) is 4.39 Å². The number of rotatable bonds is 3. The van der Waals surface area contributed by atoms with Crippen LogP contribution in [0.5, 0.6) is 5.75 Å². The molecule has 2 aromatic rings. The van der Waals surface area contributed by atoms with E-state index in [0.29, 0.717) is 0 Å². The summed E-state index contributed by atoms with van der Waals surface area (Å²) in [5.41, 5.74) is 0.923. The molecule has 0 aliphatic carbocycles. The molecule has 1 saturated heterocycles. The first kappa shape index (κ1) is 13.4. The molecule has 3 rings (SSSR count). The van der Waals surface area contributed by atoms with Crippen molar-refractivity contribution in [3.63, 3.8) is 0 Å². The van der Waals surface area contributed by atoms with Crippen LogP contribution in [0.25, 0.3) is 0 Å². The standard InChI is InChI=1S/C16H15BrFNO/c17-12-4-6-15(7-5-12)20-16-8-9-19(11-16)14-3-1-2-13(18)10-14/h1-7,10,16H,8-9,11H2. The van der Waals surface area contributed by atoms with Crippen molar-refractivity contribution in [3.8, 4) is 5.75 Å². The van der Waals surface area contributed by atoms with Crippen LogP contribution in [0.2, 0.25) is 0 Å². The summed E-state index contributed by atoms with van der Waals surface area (Å²) in [7, 11) is 0. The second-order valence-electron chi connectivity index (χ2n) is 4.91. The first-order valence-electron chi connectivity index (χ1n) is 6.63. The third-order valence-electron chi connectivity index (χ3n) is 3.43. The van der Waals surface area contributed by atoms with Crippen molar-refractivity contribution in [2.45, 2.75) is 12.5 Å². The molecule has 1 atom stereocenters. The molecular weight excluding hydrogens is 321 g/mol. The van der Waals surface area contributed by atoms with Crippen molar-refractivity contribution in [2.24, 2.45) is 0 Å². The second kappa shape index (κ2) is 5.83. The van der Waals surface area contributed by atoms with Gasteiger partial charge in [0.25, 0.3) is 0 Å². The Morgan fingerprint density at radius 3 is 2.70 bits per heavy atom. The van der Waals surface area contributed by atoms with Gasteiger partial charge in [-0.05, 0) is 42.5 Å². The fourth-order valence-corrected chi connectivity index (χ4v) is 2.70. The quantitative estimate of drug-likeness (QED) is 0.831. The predicted octanol–water partition coefficient (Wildman–Crippen LogP) is 4.25. The molecule has 0 spiro atoms. The van der Waals surface area contributed by atoms with Crippen LogP contribution in [0.15, 0.2) is 53.0 Å². The molecule has 1 aliphatic rings. The molecular formula is C16H15BrFNO. The van der Waals surface area contributed by atoms with Crippen LogP contribution >= 0.6 is 15.9 Å². The molecule has 0 saturated carbocycles. The second-order valence-corrected chi connectivity index (χ2v) is 5.82. The van der Waals surface area contributed by atoms with Crippen molar-refractivity contribution >= 4 is 21.6 Å². The summed E-state index contributed by atoms with van der Waals surface area (Å²) in [6.45, 7) is 1.68. The van der Waals surface area contributed by atoms with Gasteiger partial charge >= 0.3 is 0 Å². The number of halogens is 2. The molecule has 1 heterocycles. The topological polar surface area (TPSA) is 12.5 Å². The molecule has 2 nitrogen and oxygen atoms in total. The first-order valence-corrected chi connectivity index (χ1v) is 7.43. The zero-order valence-corrected chi connectivity index (χ0v) is 12.5. The van der Waals surface area contributed by atoms with Gasteiger partial charge in [-0.2, -0.15) is 0 Å². The van der Waals surface area contributed by atoms with Crippen molar-refractivity contribution in [3.05, 3.63) is 58.8 Å². The molecule has 104 valence electrons. The molecule has 2 aromatic carbocycles. The van der Waals surface area contributed by atoms with Crippen LogP contribution in [0.4, 0.5) is 10.1 Å². The lowest BCUT2D eigenvalue weighted by molar-refractivity contribution is 0.225. The third kappa shape index (κ3) is 3.12. The molecule has 0 bridgehead atoms. The van der Waals surface area contributed by atoms with Crippen LogP contribution in [-0.4, -0.2) is 19.2 Å². The van der Waals surface area contributed by atoms with Crippen molar-refractivity contribution < 1.29 is 9.13 Å². The summed E-state index contributed by atoms with van der Waals surface area (Å²) < 4.78 is 20.2. The minimum Gasteiger partial charge on any atom is -0.489 e. The Morgan fingerprint density at radius 1 is 1.15 bits per heavy atom. The van der Waals surface area contributed by atoms with Crippen LogP contribution in [-0.2, 0) is 0 Å². The lowest BCUT2D eigenvalue weighted by Gasteiger charge is -2.19. The summed E-state index contributed by atoms with van der Waals surface area (Å²) in [6, 6.07) is 14.6.